The number of aromatic nitrogens is 3. The Balaban J connectivity index is 2.03. The van der Waals surface area contributed by atoms with Crippen LogP contribution in [0.15, 0.2) is 16.7 Å². The molecule has 18 heavy (non-hydrogen) atoms. The van der Waals surface area contributed by atoms with Gasteiger partial charge in [0.05, 0.1) is 0 Å². The molecule has 0 aliphatic carbocycles. The van der Waals surface area contributed by atoms with E-state index in [4.69, 9.17) is 5.73 Å². The van der Waals surface area contributed by atoms with Crippen molar-refractivity contribution in [2.45, 2.75) is 31.1 Å². The smallest absolute Gasteiger partial charge is 0.202 e. The summed E-state index contributed by atoms with van der Waals surface area (Å²) in [5, 5.41) is 0. The van der Waals surface area contributed by atoms with Gasteiger partial charge in [-0.15, -0.1) is 0 Å². The summed E-state index contributed by atoms with van der Waals surface area (Å²) < 4.78 is 3.23. The van der Waals surface area contributed by atoms with Crippen molar-refractivity contribution in [3.8, 4) is 0 Å². The topological polar surface area (TPSA) is 56.7 Å². The third-order valence-corrected chi connectivity index (χ3v) is 5.33. The minimum Gasteiger partial charge on any atom is -0.369 e. The number of nitrogens with zero attached hydrogens (tertiary/aromatic N) is 3. The van der Waals surface area contributed by atoms with Crippen molar-refractivity contribution < 1.29 is 0 Å². The molecule has 1 saturated heterocycles. The number of anilines is 1. The number of fused-ring (bicyclic) bond motifs is 1. The minimum atomic E-state index is 0.260. The maximum absolute atomic E-state index is 6.03. The second-order valence-corrected chi connectivity index (χ2v) is 7.55. The molecular formula is C12H15BrN4S. The van der Waals surface area contributed by atoms with Gasteiger partial charge in [-0.1, -0.05) is 0 Å². The summed E-state index contributed by atoms with van der Waals surface area (Å²) in [7, 11) is 0. The monoisotopic (exact) mass is 326 g/mol. The van der Waals surface area contributed by atoms with Crippen LogP contribution >= 0.6 is 27.7 Å². The summed E-state index contributed by atoms with van der Waals surface area (Å²) in [5.74, 6) is 1.80. The van der Waals surface area contributed by atoms with E-state index >= 15 is 0 Å². The maximum Gasteiger partial charge on any atom is 0.202 e. The molecule has 6 heteroatoms. The van der Waals surface area contributed by atoms with E-state index in [-0.39, 0.29) is 4.75 Å². The van der Waals surface area contributed by atoms with Crippen LogP contribution in [0.5, 0.6) is 0 Å². The highest BCUT2D eigenvalue weighted by molar-refractivity contribution is 9.10. The molecule has 1 atom stereocenters. The molecule has 96 valence electrons. The zero-order valence-electron chi connectivity index (χ0n) is 10.2. The standard InChI is InChI=1S/C12H15BrN4S/c1-12(3-2-4-18-12)7-17-10-9(16-11(17)14)5-8(13)6-15-10/h5-6H,2-4,7H2,1H3,(H2,14,16). The van der Waals surface area contributed by atoms with Gasteiger partial charge in [0, 0.05) is 22.0 Å². The number of nitrogens with two attached hydrogens (primary N) is 1. The van der Waals surface area contributed by atoms with E-state index in [1.54, 1.807) is 6.20 Å². The van der Waals surface area contributed by atoms with Crippen molar-refractivity contribution in [2.24, 2.45) is 0 Å². The highest BCUT2D eigenvalue weighted by Gasteiger charge is 2.31. The fraction of sp³-hybridized carbons (Fsp3) is 0.500. The average Bonchev–Trinajstić information content (AvgIpc) is 2.85. The number of imidazole rings is 1. The van der Waals surface area contributed by atoms with Gasteiger partial charge in [-0.25, -0.2) is 9.97 Å². The lowest BCUT2D eigenvalue weighted by Gasteiger charge is -2.23. The Morgan fingerprint density at radius 3 is 3.17 bits per heavy atom. The largest absolute Gasteiger partial charge is 0.369 e. The highest BCUT2D eigenvalue weighted by Crippen LogP contribution is 2.40. The number of halogens is 1. The Morgan fingerprint density at radius 1 is 1.61 bits per heavy atom. The van der Waals surface area contributed by atoms with Crippen LogP contribution in [0.4, 0.5) is 5.95 Å². The lowest BCUT2D eigenvalue weighted by atomic mass is 10.1. The van der Waals surface area contributed by atoms with Gasteiger partial charge < -0.3 is 5.73 Å². The molecule has 4 nitrogen and oxygen atoms in total. The Labute approximate surface area is 118 Å². The van der Waals surface area contributed by atoms with E-state index in [9.17, 15) is 0 Å². The van der Waals surface area contributed by atoms with E-state index in [0.29, 0.717) is 5.95 Å². The maximum atomic E-state index is 6.03. The molecule has 3 rings (SSSR count). The Bertz CT molecular complexity index is 589. The first-order valence-electron chi connectivity index (χ1n) is 5.99. The van der Waals surface area contributed by atoms with E-state index in [1.807, 2.05) is 22.4 Å². The van der Waals surface area contributed by atoms with E-state index in [2.05, 4.69) is 32.8 Å². The van der Waals surface area contributed by atoms with E-state index in [1.165, 1.54) is 18.6 Å². The third-order valence-electron chi connectivity index (χ3n) is 3.37. The molecular weight excluding hydrogens is 312 g/mol. The van der Waals surface area contributed by atoms with Crippen LogP contribution in [0.1, 0.15) is 19.8 Å². The highest BCUT2D eigenvalue weighted by atomic mass is 79.9. The van der Waals surface area contributed by atoms with Crippen LogP contribution < -0.4 is 5.73 Å². The minimum absolute atomic E-state index is 0.260. The molecule has 0 saturated carbocycles. The number of rotatable bonds is 2. The van der Waals surface area contributed by atoms with E-state index < -0.39 is 0 Å². The Morgan fingerprint density at radius 2 is 2.44 bits per heavy atom. The molecule has 2 N–H and O–H groups in total. The number of hydrogen-bond donors (Lipinski definition) is 1. The fourth-order valence-corrected chi connectivity index (χ4v) is 4.07. The third kappa shape index (κ3) is 2.12. The first-order chi connectivity index (χ1) is 8.57. The predicted octanol–water partition coefficient (Wildman–Crippen LogP) is 3.06. The average molecular weight is 327 g/mol. The molecule has 2 aromatic rings. The summed E-state index contributed by atoms with van der Waals surface area (Å²) in [4.78, 5) is 8.83. The lowest BCUT2D eigenvalue weighted by Crippen LogP contribution is -2.24. The van der Waals surface area contributed by atoms with Crippen molar-refractivity contribution in [2.75, 3.05) is 11.5 Å². The molecule has 1 fully saturated rings. The molecule has 0 aromatic carbocycles. The van der Waals surface area contributed by atoms with Crippen LogP contribution in [-0.2, 0) is 6.54 Å². The number of hydrogen-bond acceptors (Lipinski definition) is 4. The summed E-state index contributed by atoms with van der Waals surface area (Å²) >= 11 is 5.43. The van der Waals surface area contributed by atoms with Crippen molar-refractivity contribution in [3.05, 3.63) is 16.7 Å². The second kappa shape index (κ2) is 4.42. The quantitative estimate of drug-likeness (QED) is 0.921. The zero-order valence-corrected chi connectivity index (χ0v) is 12.6. The van der Waals surface area contributed by atoms with Gasteiger partial charge in [-0.3, -0.25) is 4.57 Å². The van der Waals surface area contributed by atoms with Gasteiger partial charge in [0.25, 0.3) is 0 Å². The number of thioether (sulfide) groups is 1. The Hall–Kier alpha value is -0.750. The SMILES string of the molecule is CC1(Cn2c(N)nc3cc(Br)cnc32)CCCS1. The molecule has 1 aliphatic rings. The number of pyridine rings is 1. The fourth-order valence-electron chi connectivity index (χ4n) is 2.46. The van der Waals surface area contributed by atoms with Crippen LogP contribution in [0, 0.1) is 0 Å². The predicted molar refractivity (Wildman–Crippen MR) is 79.7 cm³/mol. The summed E-state index contributed by atoms with van der Waals surface area (Å²) in [6, 6.07) is 1.96. The van der Waals surface area contributed by atoms with Gasteiger partial charge in [0.1, 0.15) is 5.52 Å². The Kier molecular flexibility index (Phi) is 3.02. The van der Waals surface area contributed by atoms with Crippen LogP contribution in [0.2, 0.25) is 0 Å². The summed E-state index contributed by atoms with van der Waals surface area (Å²) in [6.07, 6.45) is 4.31. The van der Waals surface area contributed by atoms with Gasteiger partial charge in [-0.05, 0) is 47.5 Å². The molecule has 0 spiro atoms. The molecule has 3 heterocycles. The molecule has 1 unspecified atom stereocenters. The summed E-state index contributed by atoms with van der Waals surface area (Å²) in [6.45, 7) is 3.18. The molecule has 0 bridgehead atoms. The summed E-state index contributed by atoms with van der Waals surface area (Å²) in [5.41, 5.74) is 7.76. The van der Waals surface area contributed by atoms with Gasteiger partial charge in [0.15, 0.2) is 5.65 Å². The van der Waals surface area contributed by atoms with Crippen molar-refractivity contribution >= 4 is 44.8 Å². The van der Waals surface area contributed by atoms with Crippen LogP contribution in [0.3, 0.4) is 0 Å². The first-order valence-corrected chi connectivity index (χ1v) is 7.76. The van der Waals surface area contributed by atoms with Gasteiger partial charge in [0.2, 0.25) is 5.95 Å². The first kappa shape index (κ1) is 12.3. The van der Waals surface area contributed by atoms with Gasteiger partial charge >= 0.3 is 0 Å². The van der Waals surface area contributed by atoms with Gasteiger partial charge in [-0.2, -0.15) is 11.8 Å². The number of nitrogen functional groups attached to an aromatic ring is 1. The normalized spacial score (nSPS) is 23.9. The van der Waals surface area contributed by atoms with Crippen molar-refractivity contribution in [1.82, 2.24) is 14.5 Å². The van der Waals surface area contributed by atoms with Crippen LogP contribution in [0.25, 0.3) is 11.2 Å². The molecule has 1 aliphatic heterocycles. The zero-order chi connectivity index (χ0) is 12.8. The van der Waals surface area contributed by atoms with Crippen molar-refractivity contribution in [3.63, 3.8) is 0 Å². The lowest BCUT2D eigenvalue weighted by molar-refractivity contribution is 0.520. The van der Waals surface area contributed by atoms with Crippen molar-refractivity contribution in [1.29, 1.82) is 0 Å². The van der Waals surface area contributed by atoms with E-state index in [0.717, 1.165) is 22.2 Å². The molecule has 0 radical (unpaired) electrons. The second-order valence-electron chi connectivity index (χ2n) is 4.95. The molecule has 0 amide bonds. The van der Waals surface area contributed by atoms with Crippen LogP contribution in [-0.4, -0.2) is 25.0 Å². The molecule has 2 aromatic heterocycles.